The van der Waals surface area contributed by atoms with E-state index in [1.54, 1.807) is 6.20 Å². The lowest BCUT2D eigenvalue weighted by molar-refractivity contribution is 0.384. The van der Waals surface area contributed by atoms with Gasteiger partial charge in [0.1, 0.15) is 5.82 Å². The van der Waals surface area contributed by atoms with Gasteiger partial charge in [0.15, 0.2) is 0 Å². The van der Waals surface area contributed by atoms with Crippen LogP contribution in [0, 0.1) is 0 Å². The zero-order chi connectivity index (χ0) is 9.68. The highest BCUT2D eigenvalue weighted by molar-refractivity contribution is 4.90. The van der Waals surface area contributed by atoms with Gasteiger partial charge in [-0.05, 0) is 27.1 Å². The Bertz CT molecular complexity index is 242. The van der Waals surface area contributed by atoms with Crippen LogP contribution in [0.5, 0.6) is 0 Å². The first kappa shape index (κ1) is 10.2. The summed E-state index contributed by atoms with van der Waals surface area (Å²) in [5.41, 5.74) is 5.53. The van der Waals surface area contributed by atoms with Crippen molar-refractivity contribution in [2.24, 2.45) is 5.73 Å². The first-order valence-corrected chi connectivity index (χ1v) is 4.59. The van der Waals surface area contributed by atoms with Gasteiger partial charge in [0.2, 0.25) is 0 Å². The van der Waals surface area contributed by atoms with E-state index in [0.29, 0.717) is 6.54 Å². The molecule has 0 fully saturated rings. The Labute approximate surface area is 79.4 Å². The largest absolute Gasteiger partial charge is 0.334 e. The normalized spacial score (nSPS) is 11.1. The Kier molecular flexibility index (Phi) is 3.92. The molecule has 1 rings (SSSR count). The van der Waals surface area contributed by atoms with Gasteiger partial charge in [0, 0.05) is 18.9 Å². The molecule has 0 atom stereocenters. The molecule has 0 saturated heterocycles. The maximum atomic E-state index is 5.53. The van der Waals surface area contributed by atoms with Crippen molar-refractivity contribution in [3.8, 4) is 0 Å². The maximum absolute atomic E-state index is 5.53. The van der Waals surface area contributed by atoms with Gasteiger partial charge in [-0.25, -0.2) is 4.98 Å². The van der Waals surface area contributed by atoms with Gasteiger partial charge in [-0.2, -0.15) is 0 Å². The molecule has 0 spiro atoms. The minimum absolute atomic E-state index is 0.523. The summed E-state index contributed by atoms with van der Waals surface area (Å²) in [6.45, 7) is 2.63. The van der Waals surface area contributed by atoms with Crippen LogP contribution in [-0.2, 0) is 13.1 Å². The summed E-state index contributed by atoms with van der Waals surface area (Å²) in [7, 11) is 4.16. The van der Waals surface area contributed by atoms with Gasteiger partial charge in [-0.15, -0.1) is 0 Å². The number of nitrogens with two attached hydrogens (primary N) is 1. The summed E-state index contributed by atoms with van der Waals surface area (Å²) in [5.74, 6) is 0.971. The van der Waals surface area contributed by atoms with E-state index in [1.807, 2.05) is 6.20 Å². The molecule has 0 aromatic carbocycles. The molecule has 0 radical (unpaired) electrons. The highest BCUT2D eigenvalue weighted by Crippen LogP contribution is 1.98. The summed E-state index contributed by atoms with van der Waals surface area (Å²) in [6.07, 6.45) is 4.92. The molecule has 0 aliphatic carbocycles. The predicted octanol–water partition coefficient (Wildman–Crippen LogP) is 0.293. The van der Waals surface area contributed by atoms with Crippen LogP contribution in [0.15, 0.2) is 12.4 Å². The SMILES string of the molecule is CN(C)CCCn1ccnc1CN. The third-order valence-corrected chi connectivity index (χ3v) is 1.99. The van der Waals surface area contributed by atoms with E-state index in [0.717, 1.165) is 25.3 Å². The van der Waals surface area contributed by atoms with E-state index in [9.17, 15) is 0 Å². The average molecular weight is 182 g/mol. The fourth-order valence-electron chi connectivity index (χ4n) is 1.29. The van der Waals surface area contributed by atoms with E-state index in [-0.39, 0.29) is 0 Å². The summed E-state index contributed by atoms with van der Waals surface area (Å²) in [5, 5.41) is 0. The standard InChI is InChI=1S/C9H18N4/c1-12(2)5-3-6-13-7-4-11-9(13)8-10/h4,7H,3,5-6,8,10H2,1-2H3. The number of nitrogens with zero attached hydrogens (tertiary/aromatic N) is 3. The molecule has 2 N–H and O–H groups in total. The van der Waals surface area contributed by atoms with Crippen LogP contribution in [0.1, 0.15) is 12.2 Å². The Morgan fingerprint density at radius 2 is 2.31 bits per heavy atom. The number of hydrogen-bond acceptors (Lipinski definition) is 3. The highest BCUT2D eigenvalue weighted by Gasteiger charge is 1.99. The van der Waals surface area contributed by atoms with Gasteiger partial charge in [-0.1, -0.05) is 0 Å². The lowest BCUT2D eigenvalue weighted by Crippen LogP contribution is -2.16. The molecular formula is C9H18N4. The lowest BCUT2D eigenvalue weighted by atomic mass is 10.4. The molecule has 0 saturated carbocycles. The van der Waals surface area contributed by atoms with Crippen LogP contribution >= 0.6 is 0 Å². The number of aromatic nitrogens is 2. The maximum Gasteiger partial charge on any atom is 0.122 e. The fourth-order valence-corrected chi connectivity index (χ4v) is 1.29. The number of imidazole rings is 1. The zero-order valence-corrected chi connectivity index (χ0v) is 8.40. The van der Waals surface area contributed by atoms with Crippen molar-refractivity contribution in [3.63, 3.8) is 0 Å². The summed E-state index contributed by atoms with van der Waals surface area (Å²) >= 11 is 0. The quantitative estimate of drug-likeness (QED) is 0.712. The fraction of sp³-hybridized carbons (Fsp3) is 0.667. The molecule has 4 heteroatoms. The van der Waals surface area contributed by atoms with Crippen molar-refractivity contribution in [1.29, 1.82) is 0 Å². The molecule has 74 valence electrons. The first-order valence-electron chi connectivity index (χ1n) is 4.59. The van der Waals surface area contributed by atoms with Crippen molar-refractivity contribution in [1.82, 2.24) is 14.5 Å². The first-order chi connectivity index (χ1) is 6.24. The van der Waals surface area contributed by atoms with Crippen molar-refractivity contribution < 1.29 is 0 Å². The number of aryl methyl sites for hydroxylation is 1. The highest BCUT2D eigenvalue weighted by atomic mass is 15.1. The summed E-state index contributed by atoms with van der Waals surface area (Å²) in [4.78, 5) is 6.34. The third-order valence-electron chi connectivity index (χ3n) is 1.99. The molecule has 0 unspecified atom stereocenters. The van der Waals surface area contributed by atoms with Gasteiger partial charge >= 0.3 is 0 Å². The van der Waals surface area contributed by atoms with E-state index < -0.39 is 0 Å². The Hall–Kier alpha value is -0.870. The third kappa shape index (κ3) is 3.16. The van der Waals surface area contributed by atoms with E-state index in [4.69, 9.17) is 5.73 Å². The van der Waals surface area contributed by atoms with E-state index in [1.165, 1.54) is 0 Å². The molecule has 0 aliphatic rings. The van der Waals surface area contributed by atoms with Crippen LogP contribution < -0.4 is 5.73 Å². The topological polar surface area (TPSA) is 47.1 Å². The van der Waals surface area contributed by atoms with Crippen LogP contribution in [0.4, 0.5) is 0 Å². The Morgan fingerprint density at radius 3 is 2.92 bits per heavy atom. The second kappa shape index (κ2) is 4.99. The van der Waals surface area contributed by atoms with Crippen LogP contribution in [-0.4, -0.2) is 35.1 Å². The predicted molar refractivity (Wildman–Crippen MR) is 53.3 cm³/mol. The molecule has 0 amide bonds. The minimum Gasteiger partial charge on any atom is -0.334 e. The van der Waals surface area contributed by atoms with E-state index in [2.05, 4.69) is 28.5 Å². The second-order valence-electron chi connectivity index (χ2n) is 3.40. The van der Waals surface area contributed by atoms with Crippen LogP contribution in [0.3, 0.4) is 0 Å². The molecule has 0 bridgehead atoms. The molecule has 1 aromatic rings. The van der Waals surface area contributed by atoms with Gasteiger partial charge in [0.05, 0.1) is 6.54 Å². The van der Waals surface area contributed by atoms with E-state index >= 15 is 0 Å². The molecule has 1 aromatic heterocycles. The molecule has 4 nitrogen and oxygen atoms in total. The smallest absolute Gasteiger partial charge is 0.122 e. The summed E-state index contributed by atoms with van der Waals surface area (Å²) < 4.78 is 2.11. The van der Waals surface area contributed by atoms with Crippen molar-refractivity contribution in [2.75, 3.05) is 20.6 Å². The zero-order valence-electron chi connectivity index (χ0n) is 8.40. The molecule has 0 aliphatic heterocycles. The lowest BCUT2D eigenvalue weighted by Gasteiger charge is -2.10. The summed E-state index contributed by atoms with van der Waals surface area (Å²) in [6, 6.07) is 0. The van der Waals surface area contributed by atoms with Gasteiger partial charge in [-0.3, -0.25) is 0 Å². The molecule has 13 heavy (non-hydrogen) atoms. The number of rotatable bonds is 5. The number of hydrogen-bond donors (Lipinski definition) is 1. The van der Waals surface area contributed by atoms with Crippen molar-refractivity contribution in [3.05, 3.63) is 18.2 Å². The minimum atomic E-state index is 0.523. The monoisotopic (exact) mass is 182 g/mol. The average Bonchev–Trinajstić information content (AvgIpc) is 2.51. The van der Waals surface area contributed by atoms with Gasteiger partial charge < -0.3 is 15.2 Å². The Morgan fingerprint density at radius 1 is 1.54 bits per heavy atom. The Balaban J connectivity index is 2.36. The van der Waals surface area contributed by atoms with Crippen LogP contribution in [0.25, 0.3) is 0 Å². The second-order valence-corrected chi connectivity index (χ2v) is 3.40. The van der Waals surface area contributed by atoms with Gasteiger partial charge in [0.25, 0.3) is 0 Å². The van der Waals surface area contributed by atoms with Crippen molar-refractivity contribution in [2.45, 2.75) is 19.5 Å². The van der Waals surface area contributed by atoms with Crippen molar-refractivity contribution >= 4 is 0 Å². The molecule has 1 heterocycles. The molecular weight excluding hydrogens is 164 g/mol. The van der Waals surface area contributed by atoms with Crippen LogP contribution in [0.2, 0.25) is 0 Å².